The molecule has 2 aromatic rings. The first-order chi connectivity index (χ1) is 7.58. The lowest BCUT2D eigenvalue weighted by molar-refractivity contribution is 0.903. The lowest BCUT2D eigenvalue weighted by atomic mass is 10.5. The van der Waals surface area contributed by atoms with Crippen LogP contribution in [0.4, 0.5) is 0 Å². The zero-order valence-electron chi connectivity index (χ0n) is 9.33. The van der Waals surface area contributed by atoms with E-state index in [4.69, 9.17) is 24.4 Å². The maximum Gasteiger partial charge on any atom is 0.0406 e. The van der Waals surface area contributed by atoms with Gasteiger partial charge in [-0.15, -0.1) is 0 Å². The van der Waals surface area contributed by atoms with Gasteiger partial charge in [-0.05, 0) is 24.3 Å². The van der Waals surface area contributed by atoms with Crippen LogP contribution in [0.3, 0.4) is 0 Å². The fraction of sp³-hybridized carbons (Fsp3) is 0.167. The highest BCUT2D eigenvalue weighted by Gasteiger charge is 1.74. The molecular formula is C12H14N2S2. The van der Waals surface area contributed by atoms with E-state index in [9.17, 15) is 0 Å². The van der Waals surface area contributed by atoms with Crippen LogP contribution >= 0.6 is 24.4 Å². The van der Waals surface area contributed by atoms with E-state index in [0.717, 1.165) is 9.02 Å². The molecule has 0 amide bonds. The van der Waals surface area contributed by atoms with Crippen LogP contribution in [-0.4, -0.2) is 9.13 Å². The van der Waals surface area contributed by atoms with Crippen molar-refractivity contribution in [2.75, 3.05) is 0 Å². The minimum Gasteiger partial charge on any atom is -0.357 e. The second kappa shape index (κ2) is 6.35. The molecule has 0 aliphatic heterocycles. The Balaban J connectivity index is 0.000000160. The van der Waals surface area contributed by atoms with Crippen molar-refractivity contribution in [2.24, 2.45) is 14.1 Å². The van der Waals surface area contributed by atoms with E-state index >= 15 is 0 Å². The maximum absolute atomic E-state index is 4.86. The second-order valence-corrected chi connectivity index (χ2v) is 4.34. The lowest BCUT2D eigenvalue weighted by Crippen LogP contribution is -1.84. The van der Waals surface area contributed by atoms with E-state index in [1.54, 1.807) is 0 Å². The van der Waals surface area contributed by atoms with E-state index in [1.807, 2.05) is 72.3 Å². The number of pyridine rings is 2. The summed E-state index contributed by atoms with van der Waals surface area (Å²) in [4.78, 5) is 0. The van der Waals surface area contributed by atoms with Crippen molar-refractivity contribution in [3.63, 3.8) is 0 Å². The highest BCUT2D eigenvalue weighted by Crippen LogP contribution is 1.87. The molecule has 0 N–H and O–H groups in total. The number of rotatable bonds is 0. The molecule has 0 fully saturated rings. The average molecular weight is 250 g/mol. The van der Waals surface area contributed by atoms with Gasteiger partial charge < -0.3 is 9.13 Å². The SMILES string of the molecule is Cn1ccc(=S)cc1.Cn1ccc(=S)cc1. The normalized spacial score (nSPS) is 9.12. The predicted molar refractivity (Wildman–Crippen MR) is 72.5 cm³/mol. The van der Waals surface area contributed by atoms with Crippen LogP contribution in [0, 0.1) is 9.02 Å². The lowest BCUT2D eigenvalue weighted by Gasteiger charge is -1.91. The van der Waals surface area contributed by atoms with Crippen molar-refractivity contribution >= 4 is 24.4 Å². The Kier molecular flexibility index (Phi) is 5.08. The highest BCUT2D eigenvalue weighted by molar-refractivity contribution is 7.71. The molecule has 0 bridgehead atoms. The molecule has 2 nitrogen and oxygen atoms in total. The van der Waals surface area contributed by atoms with Crippen LogP contribution in [0.1, 0.15) is 0 Å². The summed E-state index contributed by atoms with van der Waals surface area (Å²) in [5.74, 6) is 0. The summed E-state index contributed by atoms with van der Waals surface area (Å²) in [6, 6.07) is 7.59. The van der Waals surface area contributed by atoms with Gasteiger partial charge in [0.2, 0.25) is 0 Å². The number of aryl methyl sites for hydroxylation is 2. The molecule has 0 aromatic carbocycles. The van der Waals surface area contributed by atoms with Crippen LogP contribution in [0.15, 0.2) is 49.1 Å². The molecule has 0 saturated heterocycles. The number of hydrogen-bond acceptors (Lipinski definition) is 2. The zero-order chi connectivity index (χ0) is 12.0. The monoisotopic (exact) mass is 250 g/mol. The van der Waals surface area contributed by atoms with Gasteiger partial charge in [-0.3, -0.25) is 0 Å². The van der Waals surface area contributed by atoms with Crippen LogP contribution < -0.4 is 0 Å². The Hall–Kier alpha value is -1.26. The first-order valence-electron chi connectivity index (χ1n) is 4.82. The molecule has 0 aliphatic rings. The summed E-state index contributed by atoms with van der Waals surface area (Å²) in [5.41, 5.74) is 0. The van der Waals surface area contributed by atoms with E-state index in [1.165, 1.54) is 0 Å². The molecule has 2 aromatic heterocycles. The van der Waals surface area contributed by atoms with Gasteiger partial charge >= 0.3 is 0 Å². The van der Waals surface area contributed by atoms with E-state index < -0.39 is 0 Å². The van der Waals surface area contributed by atoms with Gasteiger partial charge in [0, 0.05) is 47.9 Å². The number of nitrogens with zero attached hydrogens (tertiary/aromatic N) is 2. The molecule has 2 rings (SSSR count). The number of hydrogen-bond donors (Lipinski definition) is 0. The van der Waals surface area contributed by atoms with Gasteiger partial charge in [0.1, 0.15) is 0 Å². The van der Waals surface area contributed by atoms with Crippen LogP contribution in [0.2, 0.25) is 0 Å². The van der Waals surface area contributed by atoms with E-state index in [-0.39, 0.29) is 0 Å². The third-order valence-electron chi connectivity index (χ3n) is 1.90. The zero-order valence-corrected chi connectivity index (χ0v) is 11.0. The van der Waals surface area contributed by atoms with Gasteiger partial charge in [-0.25, -0.2) is 0 Å². The molecule has 16 heavy (non-hydrogen) atoms. The Morgan fingerprint density at radius 1 is 0.688 bits per heavy atom. The average Bonchev–Trinajstić information content (AvgIpc) is 2.28. The van der Waals surface area contributed by atoms with Gasteiger partial charge in [0.15, 0.2) is 0 Å². The molecule has 4 heteroatoms. The van der Waals surface area contributed by atoms with E-state index in [2.05, 4.69) is 0 Å². The minimum absolute atomic E-state index is 0.892. The number of aromatic nitrogens is 2. The van der Waals surface area contributed by atoms with Crippen LogP contribution in [-0.2, 0) is 14.1 Å². The fourth-order valence-corrected chi connectivity index (χ4v) is 1.22. The minimum atomic E-state index is 0.892. The molecule has 0 aliphatic carbocycles. The van der Waals surface area contributed by atoms with Crippen molar-refractivity contribution in [1.29, 1.82) is 0 Å². The highest BCUT2D eigenvalue weighted by atomic mass is 32.1. The van der Waals surface area contributed by atoms with Crippen molar-refractivity contribution in [3.05, 3.63) is 58.1 Å². The van der Waals surface area contributed by atoms with Crippen molar-refractivity contribution in [3.8, 4) is 0 Å². The van der Waals surface area contributed by atoms with Gasteiger partial charge in [-0.1, -0.05) is 24.4 Å². The summed E-state index contributed by atoms with van der Waals surface area (Å²) >= 11 is 9.72. The third-order valence-corrected chi connectivity index (χ3v) is 2.44. The molecule has 0 spiro atoms. The van der Waals surface area contributed by atoms with Crippen molar-refractivity contribution in [2.45, 2.75) is 0 Å². The largest absolute Gasteiger partial charge is 0.357 e. The third kappa shape index (κ3) is 5.00. The first-order valence-corrected chi connectivity index (χ1v) is 5.64. The van der Waals surface area contributed by atoms with Gasteiger partial charge in [-0.2, -0.15) is 0 Å². The topological polar surface area (TPSA) is 9.86 Å². The molecular weight excluding hydrogens is 236 g/mol. The quantitative estimate of drug-likeness (QED) is 0.662. The first kappa shape index (κ1) is 12.8. The summed E-state index contributed by atoms with van der Waals surface area (Å²) in [6.45, 7) is 0. The molecule has 0 atom stereocenters. The Bertz CT molecular complexity index is 463. The van der Waals surface area contributed by atoms with Crippen LogP contribution in [0.25, 0.3) is 0 Å². The second-order valence-electron chi connectivity index (χ2n) is 3.40. The van der Waals surface area contributed by atoms with E-state index in [0.29, 0.717) is 0 Å². The summed E-state index contributed by atoms with van der Waals surface area (Å²) in [5, 5.41) is 0. The van der Waals surface area contributed by atoms with Gasteiger partial charge in [0.25, 0.3) is 0 Å². The predicted octanol–water partition coefficient (Wildman–Crippen LogP) is 3.51. The van der Waals surface area contributed by atoms with Gasteiger partial charge in [0.05, 0.1) is 0 Å². The Morgan fingerprint density at radius 2 is 0.938 bits per heavy atom. The molecule has 0 radical (unpaired) electrons. The molecule has 0 unspecified atom stereocenters. The summed E-state index contributed by atoms with van der Waals surface area (Å²) < 4.78 is 5.69. The smallest absolute Gasteiger partial charge is 0.0406 e. The Labute approximate surface area is 106 Å². The maximum atomic E-state index is 4.86. The van der Waals surface area contributed by atoms with Crippen LogP contribution in [0.5, 0.6) is 0 Å². The van der Waals surface area contributed by atoms with Crippen molar-refractivity contribution in [1.82, 2.24) is 9.13 Å². The Morgan fingerprint density at radius 3 is 1.12 bits per heavy atom. The molecule has 0 saturated carbocycles. The molecule has 2 heterocycles. The summed E-state index contributed by atoms with van der Waals surface area (Å²) in [7, 11) is 3.93. The van der Waals surface area contributed by atoms with Crippen molar-refractivity contribution < 1.29 is 0 Å². The standard InChI is InChI=1S/2C6H7NS/c2*1-7-4-2-6(8)3-5-7/h2*2-5H,1H3. The molecule has 84 valence electrons. The summed E-state index contributed by atoms with van der Waals surface area (Å²) in [6.07, 6.45) is 7.73. The fourth-order valence-electron chi connectivity index (χ4n) is 0.975.